The highest BCUT2D eigenvalue weighted by molar-refractivity contribution is 5.76. The molecule has 3 unspecified atom stereocenters. The molecule has 1 saturated carbocycles. The summed E-state index contributed by atoms with van der Waals surface area (Å²) >= 11 is 0. The average molecular weight is 200 g/mol. The van der Waals surface area contributed by atoms with Crippen LogP contribution in [0, 0.1) is 11.8 Å². The number of rotatable bonds is 5. The van der Waals surface area contributed by atoms with Crippen molar-refractivity contribution in [3.05, 3.63) is 0 Å². The fraction of sp³-hybridized carbons (Fsp3) is 0.900. The summed E-state index contributed by atoms with van der Waals surface area (Å²) < 4.78 is 0. The van der Waals surface area contributed by atoms with Crippen LogP contribution in [0.2, 0.25) is 0 Å². The van der Waals surface area contributed by atoms with Crippen LogP contribution in [0.3, 0.4) is 0 Å². The quantitative estimate of drug-likeness (QED) is 0.578. The Morgan fingerprint density at radius 1 is 1.64 bits per heavy atom. The number of amides is 1. The predicted octanol–water partition coefficient (Wildman–Crippen LogP) is -0.142. The van der Waals surface area contributed by atoms with Crippen LogP contribution in [0.5, 0.6) is 0 Å². The summed E-state index contributed by atoms with van der Waals surface area (Å²) in [6, 6.07) is 0.363. The molecule has 0 saturated heterocycles. The third kappa shape index (κ3) is 2.96. The maximum absolute atomic E-state index is 10.8. The highest BCUT2D eigenvalue weighted by Crippen LogP contribution is 2.24. The molecule has 4 N–H and O–H groups in total. The highest BCUT2D eigenvalue weighted by atomic mass is 16.3. The number of aliphatic hydroxyl groups is 1. The van der Waals surface area contributed by atoms with Crippen molar-refractivity contribution < 1.29 is 9.90 Å². The van der Waals surface area contributed by atoms with Crippen LogP contribution in [0.15, 0.2) is 0 Å². The van der Waals surface area contributed by atoms with Gasteiger partial charge in [-0.1, -0.05) is 13.3 Å². The molecule has 0 heterocycles. The van der Waals surface area contributed by atoms with Gasteiger partial charge in [-0.2, -0.15) is 0 Å². The van der Waals surface area contributed by atoms with E-state index in [1.54, 1.807) is 0 Å². The smallest absolute Gasteiger partial charge is 0.221 e. The Balaban J connectivity index is 2.26. The summed E-state index contributed by atoms with van der Waals surface area (Å²) in [6.07, 6.45) is 3.34. The van der Waals surface area contributed by atoms with Crippen LogP contribution in [-0.2, 0) is 4.79 Å². The number of nitrogens with one attached hydrogen (secondary N) is 1. The van der Waals surface area contributed by atoms with Crippen LogP contribution in [0.4, 0.5) is 0 Å². The maximum atomic E-state index is 10.8. The van der Waals surface area contributed by atoms with Crippen molar-refractivity contribution in [2.45, 2.75) is 32.2 Å². The van der Waals surface area contributed by atoms with E-state index in [2.05, 4.69) is 5.32 Å². The Hall–Kier alpha value is -0.610. The van der Waals surface area contributed by atoms with Gasteiger partial charge in [-0.15, -0.1) is 0 Å². The van der Waals surface area contributed by atoms with Gasteiger partial charge in [0, 0.05) is 25.1 Å². The Morgan fingerprint density at radius 3 is 2.93 bits per heavy atom. The van der Waals surface area contributed by atoms with E-state index >= 15 is 0 Å². The molecule has 4 heteroatoms. The van der Waals surface area contributed by atoms with E-state index in [1.807, 2.05) is 6.92 Å². The van der Waals surface area contributed by atoms with Crippen molar-refractivity contribution >= 4 is 5.91 Å². The van der Waals surface area contributed by atoms with Gasteiger partial charge in [-0.25, -0.2) is 0 Å². The molecule has 0 aromatic carbocycles. The van der Waals surface area contributed by atoms with Crippen molar-refractivity contribution in [2.24, 2.45) is 17.6 Å². The van der Waals surface area contributed by atoms with Crippen molar-refractivity contribution in [1.29, 1.82) is 0 Å². The number of hydrogen-bond donors (Lipinski definition) is 3. The molecule has 4 nitrogen and oxygen atoms in total. The first-order valence-corrected chi connectivity index (χ1v) is 5.28. The Kier molecular flexibility index (Phi) is 4.35. The van der Waals surface area contributed by atoms with Gasteiger partial charge in [0.05, 0.1) is 0 Å². The minimum Gasteiger partial charge on any atom is -0.396 e. The zero-order chi connectivity index (χ0) is 10.6. The minimum absolute atomic E-state index is 0.130. The maximum Gasteiger partial charge on any atom is 0.221 e. The summed E-state index contributed by atoms with van der Waals surface area (Å²) in [7, 11) is 0. The van der Waals surface area contributed by atoms with Gasteiger partial charge >= 0.3 is 0 Å². The number of carbonyl (C=O) groups excluding carboxylic acids is 1. The molecule has 1 aliphatic rings. The molecular weight excluding hydrogens is 180 g/mol. The Morgan fingerprint density at radius 2 is 2.36 bits per heavy atom. The molecule has 0 bridgehead atoms. The molecule has 14 heavy (non-hydrogen) atoms. The van der Waals surface area contributed by atoms with E-state index in [4.69, 9.17) is 10.8 Å². The van der Waals surface area contributed by atoms with E-state index in [0.717, 1.165) is 19.3 Å². The van der Waals surface area contributed by atoms with Crippen LogP contribution in [0.25, 0.3) is 0 Å². The second kappa shape index (κ2) is 5.32. The van der Waals surface area contributed by atoms with Gasteiger partial charge in [0.15, 0.2) is 0 Å². The van der Waals surface area contributed by atoms with Gasteiger partial charge in [0.2, 0.25) is 5.91 Å². The Bertz CT molecular complexity index is 197. The highest BCUT2D eigenvalue weighted by Gasteiger charge is 2.26. The molecule has 3 atom stereocenters. The van der Waals surface area contributed by atoms with Crippen molar-refractivity contribution in [1.82, 2.24) is 5.32 Å². The summed E-state index contributed by atoms with van der Waals surface area (Å²) in [5, 5.41) is 12.4. The van der Waals surface area contributed by atoms with Crippen molar-refractivity contribution in [3.63, 3.8) is 0 Å². The van der Waals surface area contributed by atoms with E-state index in [1.165, 1.54) is 0 Å². The number of hydrogen-bond acceptors (Lipinski definition) is 3. The summed E-state index contributed by atoms with van der Waals surface area (Å²) in [5.41, 5.74) is 5.16. The lowest BCUT2D eigenvalue weighted by Gasteiger charge is -2.20. The van der Waals surface area contributed by atoms with Crippen molar-refractivity contribution in [3.8, 4) is 0 Å². The van der Waals surface area contributed by atoms with Crippen LogP contribution < -0.4 is 11.1 Å². The molecule has 1 amide bonds. The lowest BCUT2D eigenvalue weighted by molar-refractivity contribution is -0.121. The molecule has 1 aliphatic carbocycles. The largest absolute Gasteiger partial charge is 0.396 e. The van der Waals surface area contributed by atoms with Crippen molar-refractivity contribution in [2.75, 3.05) is 13.2 Å². The third-order valence-electron chi connectivity index (χ3n) is 3.07. The van der Waals surface area contributed by atoms with Gasteiger partial charge in [0.1, 0.15) is 0 Å². The molecule has 0 radical (unpaired) electrons. The van der Waals surface area contributed by atoms with Gasteiger partial charge in [-0.3, -0.25) is 4.79 Å². The van der Waals surface area contributed by atoms with Gasteiger partial charge < -0.3 is 16.2 Å². The minimum atomic E-state index is -0.268. The molecule has 0 aromatic rings. The molecule has 0 aromatic heterocycles. The van der Waals surface area contributed by atoms with E-state index in [0.29, 0.717) is 18.5 Å². The number of aliphatic hydroxyl groups excluding tert-OH is 1. The molecule has 82 valence electrons. The fourth-order valence-electron chi connectivity index (χ4n) is 1.95. The van der Waals surface area contributed by atoms with E-state index < -0.39 is 0 Å². The summed E-state index contributed by atoms with van der Waals surface area (Å²) in [4.78, 5) is 10.8. The van der Waals surface area contributed by atoms with E-state index in [9.17, 15) is 4.79 Å². The zero-order valence-electron chi connectivity index (χ0n) is 8.70. The van der Waals surface area contributed by atoms with Crippen LogP contribution in [-0.4, -0.2) is 30.2 Å². The molecule has 0 aliphatic heterocycles. The summed E-state index contributed by atoms with van der Waals surface area (Å²) in [5.74, 6) is -0.0407. The molecule has 1 fully saturated rings. The molecule has 0 spiro atoms. The molecular formula is C10H20N2O2. The van der Waals surface area contributed by atoms with Gasteiger partial charge in [-0.05, 0) is 18.8 Å². The second-order valence-electron chi connectivity index (χ2n) is 4.19. The van der Waals surface area contributed by atoms with E-state index in [-0.39, 0.29) is 18.4 Å². The first-order valence-electron chi connectivity index (χ1n) is 5.28. The third-order valence-corrected chi connectivity index (χ3v) is 3.07. The normalized spacial score (nSPS) is 29.0. The number of carbonyl (C=O) groups is 1. The standard InChI is InChI=1S/C10H20N2O2/c1-7(10(11)14)5-12-9-4-2-3-8(9)6-13/h7-9,12-13H,2-6H2,1H3,(H2,11,14). The monoisotopic (exact) mass is 200 g/mol. The van der Waals surface area contributed by atoms with Crippen LogP contribution >= 0.6 is 0 Å². The molecule has 1 rings (SSSR count). The number of primary amides is 1. The number of nitrogens with two attached hydrogens (primary N) is 1. The topological polar surface area (TPSA) is 75.3 Å². The first kappa shape index (κ1) is 11.5. The van der Waals surface area contributed by atoms with Crippen LogP contribution in [0.1, 0.15) is 26.2 Å². The average Bonchev–Trinajstić information content (AvgIpc) is 2.60. The summed E-state index contributed by atoms with van der Waals surface area (Å²) in [6.45, 7) is 2.68. The SMILES string of the molecule is CC(CNC1CCCC1CO)C(N)=O. The Labute approximate surface area is 84.9 Å². The fourth-order valence-corrected chi connectivity index (χ4v) is 1.95. The lowest BCUT2D eigenvalue weighted by atomic mass is 10.0. The first-order chi connectivity index (χ1) is 6.65. The second-order valence-corrected chi connectivity index (χ2v) is 4.19. The zero-order valence-corrected chi connectivity index (χ0v) is 8.70. The predicted molar refractivity (Wildman–Crippen MR) is 54.6 cm³/mol. The lowest BCUT2D eigenvalue weighted by Crippen LogP contribution is -2.39. The van der Waals surface area contributed by atoms with Gasteiger partial charge in [0.25, 0.3) is 0 Å².